The zero-order chi connectivity index (χ0) is 17.8. The molecule has 2 aromatic rings. The predicted molar refractivity (Wildman–Crippen MR) is 102 cm³/mol. The Morgan fingerprint density at radius 1 is 1.12 bits per heavy atom. The summed E-state index contributed by atoms with van der Waals surface area (Å²) >= 11 is 18.3. The van der Waals surface area contributed by atoms with E-state index in [0.717, 1.165) is 31.5 Å². The van der Waals surface area contributed by atoms with Crippen LogP contribution in [0.5, 0.6) is 0 Å². The molecule has 1 aromatic carbocycles. The first-order valence-electron chi connectivity index (χ1n) is 8.10. The Kier molecular flexibility index (Phi) is 6.18. The molecule has 0 atom stereocenters. The van der Waals surface area contributed by atoms with E-state index in [1.165, 1.54) is 6.20 Å². The first-order valence-corrected chi connectivity index (χ1v) is 9.24. The molecule has 2 heterocycles. The van der Waals surface area contributed by atoms with Gasteiger partial charge in [-0.3, -0.25) is 9.69 Å². The van der Waals surface area contributed by atoms with Gasteiger partial charge in [0.15, 0.2) is 0 Å². The molecule has 4 nitrogen and oxygen atoms in total. The number of carbonyl (C=O) groups is 1. The van der Waals surface area contributed by atoms with E-state index in [0.29, 0.717) is 27.4 Å². The third-order valence-corrected chi connectivity index (χ3v) is 5.31. The number of carbonyl (C=O) groups excluding carboxylic acids is 1. The topological polar surface area (TPSA) is 45.2 Å². The fourth-order valence-corrected chi connectivity index (χ4v) is 3.57. The van der Waals surface area contributed by atoms with Crippen molar-refractivity contribution in [2.75, 3.05) is 18.4 Å². The van der Waals surface area contributed by atoms with Crippen molar-refractivity contribution in [3.63, 3.8) is 0 Å². The van der Waals surface area contributed by atoms with E-state index < -0.39 is 0 Å². The van der Waals surface area contributed by atoms with Gasteiger partial charge in [0.05, 0.1) is 5.02 Å². The summed E-state index contributed by atoms with van der Waals surface area (Å²) in [5.41, 5.74) is 0.944. The third kappa shape index (κ3) is 4.85. The van der Waals surface area contributed by atoms with Crippen molar-refractivity contribution in [3.05, 3.63) is 57.2 Å². The van der Waals surface area contributed by atoms with Gasteiger partial charge in [-0.05, 0) is 50.2 Å². The Balaban J connectivity index is 1.53. The lowest BCUT2D eigenvalue weighted by molar-refractivity contribution is -0.121. The second-order valence-electron chi connectivity index (χ2n) is 6.10. The van der Waals surface area contributed by atoms with Crippen LogP contribution in [0.4, 0.5) is 5.82 Å². The SMILES string of the molecule is O=C(Nc1ccc(Cl)cn1)C1CCN(Cc2c(Cl)cccc2Cl)CC1. The summed E-state index contributed by atoms with van der Waals surface area (Å²) in [6, 6.07) is 8.95. The van der Waals surface area contributed by atoms with E-state index in [1.54, 1.807) is 12.1 Å². The molecule has 0 bridgehead atoms. The van der Waals surface area contributed by atoms with E-state index in [1.807, 2.05) is 18.2 Å². The third-order valence-electron chi connectivity index (χ3n) is 4.38. The monoisotopic (exact) mass is 397 g/mol. The van der Waals surface area contributed by atoms with Crippen LogP contribution in [0.15, 0.2) is 36.5 Å². The Morgan fingerprint density at radius 3 is 2.40 bits per heavy atom. The number of likely N-dealkylation sites (tertiary alicyclic amines) is 1. The van der Waals surface area contributed by atoms with Crippen LogP contribution in [-0.4, -0.2) is 28.9 Å². The van der Waals surface area contributed by atoms with E-state index in [9.17, 15) is 4.79 Å². The summed E-state index contributed by atoms with van der Waals surface area (Å²) in [6.07, 6.45) is 3.11. The minimum Gasteiger partial charge on any atom is -0.310 e. The molecule has 132 valence electrons. The van der Waals surface area contributed by atoms with Crippen LogP contribution in [0, 0.1) is 5.92 Å². The highest BCUT2D eigenvalue weighted by atomic mass is 35.5. The molecule has 1 saturated heterocycles. The van der Waals surface area contributed by atoms with Crippen LogP contribution in [0.1, 0.15) is 18.4 Å². The second-order valence-corrected chi connectivity index (χ2v) is 7.35. The number of rotatable bonds is 4. The number of nitrogens with zero attached hydrogens (tertiary/aromatic N) is 2. The molecular weight excluding hydrogens is 381 g/mol. The molecule has 3 rings (SSSR count). The van der Waals surface area contributed by atoms with E-state index in [-0.39, 0.29) is 11.8 Å². The summed E-state index contributed by atoms with van der Waals surface area (Å²) < 4.78 is 0. The van der Waals surface area contributed by atoms with Crippen molar-refractivity contribution in [2.24, 2.45) is 5.92 Å². The molecule has 1 amide bonds. The number of amides is 1. The van der Waals surface area contributed by atoms with Gasteiger partial charge in [-0.1, -0.05) is 40.9 Å². The van der Waals surface area contributed by atoms with Gasteiger partial charge in [0.2, 0.25) is 5.91 Å². The van der Waals surface area contributed by atoms with Crippen molar-refractivity contribution in [1.29, 1.82) is 0 Å². The minimum atomic E-state index is -0.0181. The van der Waals surface area contributed by atoms with Crippen molar-refractivity contribution >= 4 is 46.5 Å². The largest absolute Gasteiger partial charge is 0.310 e. The lowest BCUT2D eigenvalue weighted by atomic mass is 9.95. The maximum atomic E-state index is 12.4. The maximum absolute atomic E-state index is 12.4. The molecule has 1 aliphatic rings. The molecule has 7 heteroatoms. The lowest BCUT2D eigenvalue weighted by Gasteiger charge is -2.31. The highest BCUT2D eigenvalue weighted by Gasteiger charge is 2.26. The molecular formula is C18H18Cl3N3O. The minimum absolute atomic E-state index is 0.00486. The van der Waals surface area contributed by atoms with Gasteiger partial charge in [0.1, 0.15) is 5.82 Å². The normalized spacial score (nSPS) is 16.0. The summed E-state index contributed by atoms with van der Waals surface area (Å²) in [5.74, 6) is 0.514. The van der Waals surface area contributed by atoms with Gasteiger partial charge in [0.25, 0.3) is 0 Å². The van der Waals surface area contributed by atoms with Gasteiger partial charge >= 0.3 is 0 Å². The molecule has 1 aliphatic heterocycles. The Labute approximate surface area is 162 Å². The fraction of sp³-hybridized carbons (Fsp3) is 0.333. The Bertz CT molecular complexity index is 723. The number of halogens is 3. The number of hydrogen-bond donors (Lipinski definition) is 1. The van der Waals surface area contributed by atoms with Crippen LogP contribution < -0.4 is 5.32 Å². The number of hydrogen-bond acceptors (Lipinski definition) is 3. The standard InChI is InChI=1S/C18H18Cl3N3O/c19-13-4-5-17(22-10-13)23-18(25)12-6-8-24(9-7-12)11-14-15(20)2-1-3-16(14)21/h1-5,10,12H,6-9,11H2,(H,22,23,25). The maximum Gasteiger partial charge on any atom is 0.228 e. The van der Waals surface area contributed by atoms with Gasteiger partial charge in [-0.25, -0.2) is 4.98 Å². The quantitative estimate of drug-likeness (QED) is 0.797. The molecule has 0 spiro atoms. The van der Waals surface area contributed by atoms with Crippen LogP contribution in [0.3, 0.4) is 0 Å². The first-order chi connectivity index (χ1) is 12.0. The van der Waals surface area contributed by atoms with Crippen LogP contribution in [0.25, 0.3) is 0 Å². The van der Waals surface area contributed by atoms with Gasteiger partial charge in [-0.2, -0.15) is 0 Å². The Hall–Kier alpha value is -1.33. The molecule has 0 radical (unpaired) electrons. The van der Waals surface area contributed by atoms with Gasteiger partial charge < -0.3 is 5.32 Å². The highest BCUT2D eigenvalue weighted by Crippen LogP contribution is 2.28. The molecule has 1 N–H and O–H groups in total. The number of pyridine rings is 1. The predicted octanol–water partition coefficient (Wildman–Crippen LogP) is 4.89. The van der Waals surface area contributed by atoms with Crippen molar-refractivity contribution in [3.8, 4) is 0 Å². The first kappa shape index (κ1) is 18.5. The van der Waals surface area contributed by atoms with Crippen molar-refractivity contribution in [2.45, 2.75) is 19.4 Å². The van der Waals surface area contributed by atoms with Gasteiger partial charge in [0, 0.05) is 34.3 Å². The number of benzene rings is 1. The molecule has 1 aromatic heterocycles. The van der Waals surface area contributed by atoms with Crippen LogP contribution in [0.2, 0.25) is 15.1 Å². The molecule has 25 heavy (non-hydrogen) atoms. The summed E-state index contributed by atoms with van der Waals surface area (Å²) in [5, 5.41) is 4.76. The lowest BCUT2D eigenvalue weighted by Crippen LogP contribution is -2.38. The van der Waals surface area contributed by atoms with E-state index in [2.05, 4.69) is 15.2 Å². The molecule has 1 fully saturated rings. The summed E-state index contributed by atoms with van der Waals surface area (Å²) in [4.78, 5) is 18.8. The smallest absolute Gasteiger partial charge is 0.228 e. The van der Waals surface area contributed by atoms with Crippen LogP contribution >= 0.6 is 34.8 Å². The molecule has 0 saturated carbocycles. The van der Waals surface area contributed by atoms with Crippen molar-refractivity contribution in [1.82, 2.24) is 9.88 Å². The van der Waals surface area contributed by atoms with E-state index >= 15 is 0 Å². The van der Waals surface area contributed by atoms with Crippen molar-refractivity contribution < 1.29 is 4.79 Å². The average Bonchev–Trinajstić information content (AvgIpc) is 2.61. The van der Waals surface area contributed by atoms with Crippen LogP contribution in [-0.2, 0) is 11.3 Å². The second kappa shape index (κ2) is 8.37. The summed E-state index contributed by atoms with van der Waals surface area (Å²) in [7, 11) is 0. The van der Waals surface area contributed by atoms with E-state index in [4.69, 9.17) is 34.8 Å². The van der Waals surface area contributed by atoms with Gasteiger partial charge in [-0.15, -0.1) is 0 Å². The zero-order valence-corrected chi connectivity index (χ0v) is 15.8. The fourth-order valence-electron chi connectivity index (χ4n) is 2.94. The number of anilines is 1. The summed E-state index contributed by atoms with van der Waals surface area (Å²) in [6.45, 7) is 2.35. The Morgan fingerprint density at radius 2 is 1.80 bits per heavy atom. The average molecular weight is 399 g/mol. The number of nitrogens with one attached hydrogen (secondary N) is 1. The zero-order valence-electron chi connectivity index (χ0n) is 13.5. The molecule has 0 unspecified atom stereocenters. The number of aromatic nitrogens is 1. The number of piperidine rings is 1. The highest BCUT2D eigenvalue weighted by molar-refractivity contribution is 6.36. The molecule has 0 aliphatic carbocycles.